The SMILES string of the molecule is CCNC(=NCc1ccc(OCC)c(F)c1)NCCn1cnnc1CC. The molecule has 2 rings (SSSR count). The number of aromatic nitrogens is 3. The Hall–Kier alpha value is -2.64. The van der Waals surface area contributed by atoms with Crippen molar-refractivity contribution in [3.8, 4) is 5.75 Å². The highest BCUT2D eigenvalue weighted by Gasteiger charge is 2.05. The van der Waals surface area contributed by atoms with E-state index in [4.69, 9.17) is 4.74 Å². The summed E-state index contributed by atoms with van der Waals surface area (Å²) in [5, 5.41) is 14.5. The number of hydrogen-bond acceptors (Lipinski definition) is 4. The summed E-state index contributed by atoms with van der Waals surface area (Å²) in [7, 11) is 0. The summed E-state index contributed by atoms with van der Waals surface area (Å²) >= 11 is 0. The van der Waals surface area contributed by atoms with E-state index in [0.717, 1.165) is 30.9 Å². The number of aryl methyl sites for hydroxylation is 1. The topological polar surface area (TPSA) is 76.4 Å². The fourth-order valence-corrected chi connectivity index (χ4v) is 2.46. The highest BCUT2D eigenvalue weighted by molar-refractivity contribution is 5.79. The number of benzene rings is 1. The van der Waals surface area contributed by atoms with Crippen molar-refractivity contribution in [2.45, 2.75) is 40.3 Å². The van der Waals surface area contributed by atoms with Crippen molar-refractivity contribution >= 4 is 5.96 Å². The van der Waals surface area contributed by atoms with Crippen LogP contribution in [0.15, 0.2) is 29.5 Å². The molecule has 2 aromatic rings. The van der Waals surface area contributed by atoms with E-state index < -0.39 is 0 Å². The maximum absolute atomic E-state index is 13.9. The Bertz CT molecular complexity index is 715. The molecule has 0 fully saturated rings. The van der Waals surface area contributed by atoms with Crippen molar-refractivity contribution < 1.29 is 9.13 Å². The summed E-state index contributed by atoms with van der Waals surface area (Å²) in [6, 6.07) is 4.93. The van der Waals surface area contributed by atoms with Crippen LogP contribution in [0, 0.1) is 5.82 Å². The number of nitrogens with one attached hydrogen (secondary N) is 2. The highest BCUT2D eigenvalue weighted by Crippen LogP contribution is 2.18. The zero-order chi connectivity index (χ0) is 18.8. The van der Waals surface area contributed by atoms with Gasteiger partial charge in [-0.15, -0.1) is 10.2 Å². The first-order valence-corrected chi connectivity index (χ1v) is 8.98. The minimum Gasteiger partial charge on any atom is -0.491 e. The molecule has 0 spiro atoms. The molecule has 0 amide bonds. The molecule has 0 aliphatic heterocycles. The van der Waals surface area contributed by atoms with E-state index in [9.17, 15) is 4.39 Å². The molecule has 1 aromatic carbocycles. The van der Waals surface area contributed by atoms with Crippen molar-refractivity contribution in [2.75, 3.05) is 19.7 Å². The first kappa shape index (κ1) is 19.7. The van der Waals surface area contributed by atoms with E-state index in [2.05, 4.69) is 32.7 Å². The van der Waals surface area contributed by atoms with E-state index in [-0.39, 0.29) is 11.6 Å². The van der Waals surface area contributed by atoms with Gasteiger partial charge < -0.3 is 19.9 Å². The van der Waals surface area contributed by atoms with Gasteiger partial charge in [-0.1, -0.05) is 13.0 Å². The van der Waals surface area contributed by atoms with Gasteiger partial charge in [0.1, 0.15) is 12.2 Å². The summed E-state index contributed by atoms with van der Waals surface area (Å²) in [6.07, 6.45) is 2.57. The average molecular weight is 362 g/mol. The van der Waals surface area contributed by atoms with Crippen LogP contribution in [-0.4, -0.2) is 40.4 Å². The van der Waals surface area contributed by atoms with Gasteiger partial charge in [0, 0.05) is 26.1 Å². The fourth-order valence-electron chi connectivity index (χ4n) is 2.46. The third-order valence-electron chi connectivity index (χ3n) is 3.72. The van der Waals surface area contributed by atoms with Gasteiger partial charge in [-0.2, -0.15) is 0 Å². The zero-order valence-corrected chi connectivity index (χ0v) is 15.6. The van der Waals surface area contributed by atoms with E-state index in [1.165, 1.54) is 6.07 Å². The minimum atomic E-state index is -0.364. The van der Waals surface area contributed by atoms with Crippen LogP contribution in [0.1, 0.15) is 32.2 Å². The molecule has 0 unspecified atom stereocenters. The Balaban J connectivity index is 1.92. The van der Waals surface area contributed by atoms with Crippen LogP contribution in [-0.2, 0) is 19.5 Å². The predicted octanol–water partition coefficient (Wildman–Crippen LogP) is 2.13. The fraction of sp³-hybridized carbons (Fsp3) is 0.500. The second-order valence-corrected chi connectivity index (χ2v) is 5.61. The molecule has 0 radical (unpaired) electrons. The van der Waals surface area contributed by atoms with Crippen LogP contribution >= 0.6 is 0 Å². The smallest absolute Gasteiger partial charge is 0.191 e. The Labute approximate surface area is 153 Å². The van der Waals surface area contributed by atoms with E-state index in [1.54, 1.807) is 12.4 Å². The Morgan fingerprint density at radius 1 is 1.27 bits per heavy atom. The number of guanidine groups is 1. The number of ether oxygens (including phenoxy) is 1. The molecule has 0 aliphatic rings. The second-order valence-electron chi connectivity index (χ2n) is 5.61. The van der Waals surface area contributed by atoms with Crippen LogP contribution in [0.3, 0.4) is 0 Å². The summed E-state index contributed by atoms with van der Waals surface area (Å²) in [5.41, 5.74) is 0.787. The molecule has 0 bridgehead atoms. The van der Waals surface area contributed by atoms with Crippen LogP contribution in [0.4, 0.5) is 4.39 Å². The molecular weight excluding hydrogens is 335 g/mol. The largest absolute Gasteiger partial charge is 0.491 e. The number of aliphatic imine (C=N–C) groups is 1. The molecule has 0 atom stereocenters. The van der Waals surface area contributed by atoms with Crippen LogP contribution in [0.2, 0.25) is 0 Å². The molecule has 8 heteroatoms. The van der Waals surface area contributed by atoms with Gasteiger partial charge in [0.15, 0.2) is 17.5 Å². The second kappa shape index (κ2) is 10.4. The van der Waals surface area contributed by atoms with Crippen molar-refractivity contribution in [1.29, 1.82) is 0 Å². The molecule has 7 nitrogen and oxygen atoms in total. The van der Waals surface area contributed by atoms with E-state index >= 15 is 0 Å². The lowest BCUT2D eigenvalue weighted by Gasteiger charge is -2.12. The Morgan fingerprint density at radius 3 is 2.81 bits per heavy atom. The Morgan fingerprint density at radius 2 is 2.12 bits per heavy atom. The number of rotatable bonds is 9. The van der Waals surface area contributed by atoms with Crippen molar-refractivity contribution in [1.82, 2.24) is 25.4 Å². The lowest BCUT2D eigenvalue weighted by molar-refractivity contribution is 0.321. The van der Waals surface area contributed by atoms with Gasteiger partial charge in [-0.3, -0.25) is 0 Å². The van der Waals surface area contributed by atoms with Gasteiger partial charge in [0.05, 0.1) is 13.2 Å². The first-order valence-electron chi connectivity index (χ1n) is 8.98. The molecule has 142 valence electrons. The van der Waals surface area contributed by atoms with Gasteiger partial charge in [-0.05, 0) is 31.5 Å². The summed E-state index contributed by atoms with van der Waals surface area (Å²) in [6.45, 7) is 8.89. The lowest BCUT2D eigenvalue weighted by atomic mass is 10.2. The third kappa shape index (κ3) is 5.72. The third-order valence-corrected chi connectivity index (χ3v) is 3.72. The normalized spacial score (nSPS) is 11.5. The Kier molecular flexibility index (Phi) is 7.85. The van der Waals surface area contributed by atoms with Gasteiger partial charge in [0.2, 0.25) is 0 Å². The molecule has 2 N–H and O–H groups in total. The van der Waals surface area contributed by atoms with E-state index in [1.807, 2.05) is 24.5 Å². The zero-order valence-electron chi connectivity index (χ0n) is 15.6. The lowest BCUT2D eigenvalue weighted by Crippen LogP contribution is -2.38. The van der Waals surface area contributed by atoms with Crippen LogP contribution in [0.25, 0.3) is 0 Å². The molecular formula is C18H27FN6O. The minimum absolute atomic E-state index is 0.269. The summed E-state index contributed by atoms with van der Waals surface area (Å²) < 4.78 is 21.1. The van der Waals surface area contributed by atoms with Crippen molar-refractivity contribution in [3.05, 3.63) is 41.7 Å². The van der Waals surface area contributed by atoms with Gasteiger partial charge in [0.25, 0.3) is 0 Å². The maximum Gasteiger partial charge on any atom is 0.191 e. The number of halogens is 1. The van der Waals surface area contributed by atoms with Gasteiger partial charge >= 0.3 is 0 Å². The van der Waals surface area contributed by atoms with Gasteiger partial charge in [-0.25, -0.2) is 9.38 Å². The molecule has 26 heavy (non-hydrogen) atoms. The number of hydrogen-bond donors (Lipinski definition) is 2. The number of nitrogens with zero attached hydrogens (tertiary/aromatic N) is 4. The van der Waals surface area contributed by atoms with Crippen LogP contribution < -0.4 is 15.4 Å². The van der Waals surface area contributed by atoms with Crippen molar-refractivity contribution in [3.63, 3.8) is 0 Å². The molecule has 0 saturated carbocycles. The predicted molar refractivity (Wildman–Crippen MR) is 99.8 cm³/mol. The standard InChI is InChI=1S/C18H27FN6O/c1-4-17-24-23-13-25(17)10-9-21-18(20-5-2)22-12-14-7-8-16(26-6-3)15(19)11-14/h7-8,11,13H,4-6,9-10,12H2,1-3H3,(H2,20,21,22). The quantitative estimate of drug-likeness (QED) is 0.528. The maximum atomic E-state index is 13.9. The molecule has 0 aliphatic carbocycles. The molecule has 0 saturated heterocycles. The first-order chi connectivity index (χ1) is 12.7. The average Bonchev–Trinajstić information content (AvgIpc) is 3.09. The van der Waals surface area contributed by atoms with Crippen molar-refractivity contribution in [2.24, 2.45) is 4.99 Å². The molecule has 1 heterocycles. The van der Waals surface area contributed by atoms with E-state index in [0.29, 0.717) is 25.7 Å². The van der Waals surface area contributed by atoms with Crippen LogP contribution in [0.5, 0.6) is 5.75 Å². The highest BCUT2D eigenvalue weighted by atomic mass is 19.1. The summed E-state index contributed by atoms with van der Waals surface area (Å²) in [4.78, 5) is 4.51. The molecule has 1 aromatic heterocycles. The summed E-state index contributed by atoms with van der Waals surface area (Å²) in [5.74, 6) is 1.55. The monoisotopic (exact) mass is 362 g/mol.